The molecular formula is C13H22N4O3S. The molecule has 0 saturated carbocycles. The van der Waals surface area contributed by atoms with Gasteiger partial charge in [0.15, 0.2) is 5.03 Å². The molecule has 1 aliphatic heterocycles. The Morgan fingerprint density at radius 2 is 2.10 bits per heavy atom. The molecule has 1 aromatic heterocycles. The Morgan fingerprint density at radius 3 is 2.62 bits per heavy atom. The number of nitrogens with one attached hydrogen (secondary N) is 2. The van der Waals surface area contributed by atoms with Crippen molar-refractivity contribution >= 4 is 15.9 Å². The number of sulfonamides is 1. The third-order valence-corrected chi connectivity index (χ3v) is 5.51. The molecular weight excluding hydrogens is 292 g/mol. The molecule has 2 heterocycles. The van der Waals surface area contributed by atoms with Gasteiger partial charge in [-0.25, -0.2) is 13.4 Å². The van der Waals surface area contributed by atoms with E-state index in [1.807, 2.05) is 6.92 Å². The molecule has 0 spiro atoms. The summed E-state index contributed by atoms with van der Waals surface area (Å²) in [6.07, 6.45) is 3.77. The van der Waals surface area contributed by atoms with Gasteiger partial charge in [0.2, 0.25) is 5.91 Å². The maximum atomic E-state index is 12.5. The van der Waals surface area contributed by atoms with E-state index in [-0.39, 0.29) is 17.0 Å². The summed E-state index contributed by atoms with van der Waals surface area (Å²) in [5.74, 6) is 0.677. The molecule has 1 aromatic rings. The largest absolute Gasteiger partial charge is 0.353 e. The Hall–Kier alpha value is -1.41. The van der Waals surface area contributed by atoms with Crippen molar-refractivity contribution in [3.05, 3.63) is 12.0 Å². The molecule has 0 radical (unpaired) electrons. The number of hydrogen-bond donors (Lipinski definition) is 2. The Morgan fingerprint density at radius 1 is 1.43 bits per heavy atom. The molecule has 21 heavy (non-hydrogen) atoms. The first kappa shape index (κ1) is 16.0. The molecule has 2 rings (SSSR count). The zero-order valence-electron chi connectivity index (χ0n) is 12.4. The van der Waals surface area contributed by atoms with Crippen molar-refractivity contribution < 1.29 is 13.2 Å². The molecule has 1 saturated heterocycles. The summed E-state index contributed by atoms with van der Waals surface area (Å²) < 4.78 is 26.4. The van der Waals surface area contributed by atoms with Crippen molar-refractivity contribution in [3.8, 4) is 0 Å². The first-order chi connectivity index (χ1) is 9.97. The zero-order valence-corrected chi connectivity index (χ0v) is 13.2. The SMILES string of the molecule is CCC(=O)NC1CCN(S(=O)(=O)c2cnc(CC)[nH]2)CC1. The van der Waals surface area contributed by atoms with Crippen LogP contribution in [0.5, 0.6) is 0 Å². The maximum absolute atomic E-state index is 12.5. The highest BCUT2D eigenvalue weighted by Gasteiger charge is 2.30. The van der Waals surface area contributed by atoms with Crippen LogP contribution in [-0.2, 0) is 21.2 Å². The Labute approximate surface area is 125 Å². The molecule has 118 valence electrons. The van der Waals surface area contributed by atoms with Crippen LogP contribution < -0.4 is 5.32 Å². The van der Waals surface area contributed by atoms with Crippen LogP contribution in [0.3, 0.4) is 0 Å². The van der Waals surface area contributed by atoms with Gasteiger partial charge >= 0.3 is 0 Å². The van der Waals surface area contributed by atoms with Gasteiger partial charge in [-0.05, 0) is 12.8 Å². The van der Waals surface area contributed by atoms with Gasteiger partial charge in [-0.2, -0.15) is 4.31 Å². The predicted octanol–water partition coefficient (Wildman–Crippen LogP) is 0.651. The van der Waals surface area contributed by atoms with E-state index in [9.17, 15) is 13.2 Å². The smallest absolute Gasteiger partial charge is 0.260 e. The summed E-state index contributed by atoms with van der Waals surface area (Å²) >= 11 is 0. The number of carbonyl (C=O) groups excluding carboxylic acids is 1. The number of hydrogen-bond acceptors (Lipinski definition) is 4. The lowest BCUT2D eigenvalue weighted by molar-refractivity contribution is -0.121. The molecule has 1 aliphatic rings. The molecule has 7 nitrogen and oxygen atoms in total. The summed E-state index contributed by atoms with van der Waals surface area (Å²) in [6, 6.07) is 0.0665. The second-order valence-corrected chi connectivity index (χ2v) is 7.05. The first-order valence-corrected chi connectivity index (χ1v) is 8.74. The number of H-pyrrole nitrogens is 1. The number of nitrogens with zero attached hydrogens (tertiary/aromatic N) is 2. The van der Waals surface area contributed by atoms with E-state index in [1.54, 1.807) is 6.92 Å². The quantitative estimate of drug-likeness (QED) is 0.834. The van der Waals surface area contributed by atoms with Gasteiger partial charge < -0.3 is 10.3 Å². The lowest BCUT2D eigenvalue weighted by atomic mass is 10.1. The fourth-order valence-corrected chi connectivity index (χ4v) is 3.77. The molecule has 1 fully saturated rings. The van der Waals surface area contributed by atoms with E-state index in [1.165, 1.54) is 10.5 Å². The Balaban J connectivity index is 1.99. The highest BCUT2D eigenvalue weighted by molar-refractivity contribution is 7.89. The second kappa shape index (κ2) is 6.57. The number of aromatic amines is 1. The molecule has 0 aromatic carbocycles. The topological polar surface area (TPSA) is 95.2 Å². The minimum atomic E-state index is -3.51. The van der Waals surface area contributed by atoms with Gasteiger partial charge in [-0.1, -0.05) is 13.8 Å². The van der Waals surface area contributed by atoms with Crippen molar-refractivity contribution in [3.63, 3.8) is 0 Å². The standard InChI is InChI=1S/C13H22N4O3S/c1-3-11-14-9-13(16-11)21(19,20)17-7-5-10(6-8-17)15-12(18)4-2/h9-10H,3-8H2,1-2H3,(H,14,16)(H,15,18). The number of amides is 1. The van der Waals surface area contributed by atoms with Gasteiger partial charge in [-0.15, -0.1) is 0 Å². The average Bonchev–Trinajstić information content (AvgIpc) is 2.97. The van der Waals surface area contributed by atoms with Crippen molar-refractivity contribution in [1.29, 1.82) is 0 Å². The molecule has 0 unspecified atom stereocenters. The van der Waals surface area contributed by atoms with E-state index >= 15 is 0 Å². The van der Waals surface area contributed by atoms with Crippen LogP contribution in [0, 0.1) is 0 Å². The predicted molar refractivity (Wildman–Crippen MR) is 78.2 cm³/mol. The van der Waals surface area contributed by atoms with E-state index < -0.39 is 10.0 Å². The van der Waals surface area contributed by atoms with Crippen molar-refractivity contribution in [2.75, 3.05) is 13.1 Å². The summed E-state index contributed by atoms with van der Waals surface area (Å²) in [5.41, 5.74) is 0. The van der Waals surface area contributed by atoms with Crippen LogP contribution >= 0.6 is 0 Å². The average molecular weight is 314 g/mol. The molecule has 8 heteroatoms. The van der Waals surface area contributed by atoms with Gasteiger partial charge in [0.1, 0.15) is 5.82 Å². The number of carbonyl (C=O) groups is 1. The number of piperidine rings is 1. The van der Waals surface area contributed by atoms with Gasteiger partial charge in [0.25, 0.3) is 10.0 Å². The van der Waals surface area contributed by atoms with Crippen LogP contribution in [0.2, 0.25) is 0 Å². The monoisotopic (exact) mass is 314 g/mol. The Bertz CT molecular complexity index is 588. The van der Waals surface area contributed by atoms with Crippen molar-refractivity contribution in [2.24, 2.45) is 0 Å². The van der Waals surface area contributed by atoms with E-state index in [0.717, 1.165) is 0 Å². The summed E-state index contributed by atoms with van der Waals surface area (Å²) in [7, 11) is -3.51. The lowest BCUT2D eigenvalue weighted by Gasteiger charge is -2.31. The third-order valence-electron chi connectivity index (χ3n) is 3.70. The van der Waals surface area contributed by atoms with Gasteiger partial charge in [-0.3, -0.25) is 4.79 Å². The highest BCUT2D eigenvalue weighted by atomic mass is 32.2. The summed E-state index contributed by atoms with van der Waals surface area (Å²) in [6.45, 7) is 4.55. The van der Waals surface area contributed by atoms with Crippen LogP contribution in [0.1, 0.15) is 38.9 Å². The van der Waals surface area contributed by atoms with E-state index in [0.29, 0.717) is 44.6 Å². The number of aromatic nitrogens is 2. The number of aryl methyl sites for hydroxylation is 1. The lowest BCUT2D eigenvalue weighted by Crippen LogP contribution is -2.46. The minimum absolute atomic E-state index is 0.0115. The molecule has 1 amide bonds. The van der Waals surface area contributed by atoms with Crippen molar-refractivity contribution in [2.45, 2.75) is 50.6 Å². The number of imidazole rings is 1. The number of rotatable bonds is 5. The minimum Gasteiger partial charge on any atom is -0.353 e. The third kappa shape index (κ3) is 3.62. The Kier molecular flexibility index (Phi) is 5.00. The van der Waals surface area contributed by atoms with E-state index in [4.69, 9.17) is 0 Å². The highest BCUT2D eigenvalue weighted by Crippen LogP contribution is 2.19. The van der Waals surface area contributed by atoms with Crippen molar-refractivity contribution in [1.82, 2.24) is 19.6 Å². The van der Waals surface area contributed by atoms with E-state index in [2.05, 4.69) is 15.3 Å². The normalized spacial score (nSPS) is 17.8. The van der Waals surface area contributed by atoms with Crippen LogP contribution in [0.25, 0.3) is 0 Å². The van der Waals surface area contributed by atoms with Gasteiger partial charge in [0, 0.05) is 32.0 Å². The van der Waals surface area contributed by atoms with Crippen LogP contribution in [0.15, 0.2) is 11.2 Å². The molecule has 2 N–H and O–H groups in total. The summed E-state index contributed by atoms with van der Waals surface area (Å²) in [4.78, 5) is 18.2. The molecule has 0 aliphatic carbocycles. The van der Waals surface area contributed by atoms with Crippen LogP contribution in [0.4, 0.5) is 0 Å². The second-order valence-electron chi connectivity index (χ2n) is 5.15. The first-order valence-electron chi connectivity index (χ1n) is 7.30. The molecule has 0 atom stereocenters. The zero-order chi connectivity index (χ0) is 15.5. The van der Waals surface area contributed by atoms with Gasteiger partial charge in [0.05, 0.1) is 6.20 Å². The fourth-order valence-electron chi connectivity index (χ4n) is 2.36. The maximum Gasteiger partial charge on any atom is 0.260 e. The summed E-state index contributed by atoms with van der Waals surface area (Å²) in [5, 5.41) is 3.06. The van der Waals surface area contributed by atoms with Crippen LogP contribution in [-0.4, -0.2) is 47.7 Å². The fraction of sp³-hybridized carbons (Fsp3) is 0.692. The molecule has 0 bridgehead atoms.